The molecular weight excluding hydrogens is 264 g/mol. The van der Waals surface area contributed by atoms with Crippen molar-refractivity contribution in [1.82, 2.24) is 24.5 Å². The number of imidazole rings is 1. The van der Waals surface area contributed by atoms with Crippen LogP contribution in [0.5, 0.6) is 0 Å². The van der Waals surface area contributed by atoms with Crippen LogP contribution in [-0.2, 0) is 6.54 Å². The average molecular weight is 275 g/mol. The van der Waals surface area contributed by atoms with Gasteiger partial charge in [-0.3, -0.25) is 0 Å². The van der Waals surface area contributed by atoms with Crippen LogP contribution >= 0.6 is 11.6 Å². The molecule has 0 unspecified atom stereocenters. The van der Waals surface area contributed by atoms with Crippen molar-refractivity contribution < 1.29 is 0 Å². The molecular formula is C12H11ClN6. The molecule has 3 aromatic heterocycles. The van der Waals surface area contributed by atoms with E-state index in [1.165, 1.54) is 0 Å². The Bertz CT molecular complexity index is 709. The molecule has 0 radical (unpaired) electrons. The summed E-state index contributed by atoms with van der Waals surface area (Å²) in [5.74, 6) is 1.24. The number of nitrogens with zero attached hydrogens (tertiary/aromatic N) is 5. The van der Waals surface area contributed by atoms with E-state index in [4.69, 9.17) is 11.6 Å². The van der Waals surface area contributed by atoms with Crippen LogP contribution in [0.15, 0.2) is 30.7 Å². The summed E-state index contributed by atoms with van der Waals surface area (Å²) in [5, 5.41) is 3.28. The Morgan fingerprint density at radius 2 is 2.16 bits per heavy atom. The van der Waals surface area contributed by atoms with Crippen molar-refractivity contribution in [3.63, 3.8) is 0 Å². The number of aromatic nitrogens is 5. The lowest BCUT2D eigenvalue weighted by Crippen LogP contribution is -2.00. The van der Waals surface area contributed by atoms with Gasteiger partial charge in [0.2, 0.25) is 5.28 Å². The predicted octanol–water partition coefficient (Wildman–Crippen LogP) is 2.64. The summed E-state index contributed by atoms with van der Waals surface area (Å²) >= 11 is 5.95. The smallest absolute Gasteiger partial charge is 0.226 e. The molecule has 0 bridgehead atoms. The zero-order valence-corrected chi connectivity index (χ0v) is 11.0. The largest absolute Gasteiger partial charge is 0.323 e. The van der Waals surface area contributed by atoms with Gasteiger partial charge in [-0.05, 0) is 30.7 Å². The third-order valence-corrected chi connectivity index (χ3v) is 2.86. The van der Waals surface area contributed by atoms with Crippen LogP contribution in [0.4, 0.5) is 11.6 Å². The molecule has 0 amide bonds. The molecule has 96 valence electrons. The van der Waals surface area contributed by atoms with Gasteiger partial charge in [0.1, 0.15) is 5.82 Å². The highest BCUT2D eigenvalue weighted by Crippen LogP contribution is 2.23. The van der Waals surface area contributed by atoms with Crippen LogP contribution in [0.3, 0.4) is 0 Å². The molecule has 0 saturated heterocycles. The van der Waals surface area contributed by atoms with Crippen molar-refractivity contribution in [3.8, 4) is 0 Å². The highest BCUT2D eigenvalue weighted by molar-refractivity contribution is 6.28. The van der Waals surface area contributed by atoms with Gasteiger partial charge in [0.15, 0.2) is 17.0 Å². The quantitative estimate of drug-likeness (QED) is 0.744. The SMILES string of the molecule is CCn1cnc2c(Nc3ccccn3)nc(Cl)nc21. The van der Waals surface area contributed by atoms with E-state index in [2.05, 4.69) is 25.3 Å². The van der Waals surface area contributed by atoms with E-state index >= 15 is 0 Å². The lowest BCUT2D eigenvalue weighted by atomic mass is 10.4. The average Bonchev–Trinajstić information content (AvgIpc) is 2.83. The minimum Gasteiger partial charge on any atom is -0.323 e. The Morgan fingerprint density at radius 1 is 1.26 bits per heavy atom. The first-order valence-corrected chi connectivity index (χ1v) is 6.22. The fraction of sp³-hybridized carbons (Fsp3) is 0.167. The molecule has 0 aromatic carbocycles. The topological polar surface area (TPSA) is 68.5 Å². The van der Waals surface area contributed by atoms with E-state index in [-0.39, 0.29) is 5.28 Å². The molecule has 0 aliphatic rings. The van der Waals surface area contributed by atoms with Gasteiger partial charge >= 0.3 is 0 Å². The normalized spacial score (nSPS) is 10.8. The second-order valence-corrected chi connectivity index (χ2v) is 4.22. The fourth-order valence-corrected chi connectivity index (χ4v) is 1.96. The molecule has 3 heterocycles. The van der Waals surface area contributed by atoms with Crippen molar-refractivity contribution in [2.24, 2.45) is 0 Å². The van der Waals surface area contributed by atoms with Crippen LogP contribution in [0.1, 0.15) is 6.92 Å². The zero-order chi connectivity index (χ0) is 13.2. The van der Waals surface area contributed by atoms with Gasteiger partial charge in [0.05, 0.1) is 6.33 Å². The lowest BCUT2D eigenvalue weighted by molar-refractivity contribution is 0.777. The number of hydrogen-bond donors (Lipinski definition) is 1. The molecule has 3 aromatic rings. The predicted molar refractivity (Wildman–Crippen MR) is 73.5 cm³/mol. The number of anilines is 2. The lowest BCUT2D eigenvalue weighted by Gasteiger charge is -2.05. The van der Waals surface area contributed by atoms with E-state index < -0.39 is 0 Å². The Balaban J connectivity index is 2.10. The number of fused-ring (bicyclic) bond motifs is 1. The van der Waals surface area contributed by atoms with Crippen LogP contribution in [0.25, 0.3) is 11.2 Å². The summed E-state index contributed by atoms with van der Waals surface area (Å²) in [7, 11) is 0. The Labute approximate surface area is 114 Å². The molecule has 0 saturated carbocycles. The zero-order valence-electron chi connectivity index (χ0n) is 10.2. The van der Waals surface area contributed by atoms with Gasteiger partial charge in [0.25, 0.3) is 0 Å². The van der Waals surface area contributed by atoms with Crippen molar-refractivity contribution in [2.45, 2.75) is 13.5 Å². The van der Waals surface area contributed by atoms with Crippen LogP contribution in [0.2, 0.25) is 5.28 Å². The number of nitrogens with one attached hydrogen (secondary N) is 1. The van der Waals surface area contributed by atoms with Gasteiger partial charge in [-0.25, -0.2) is 9.97 Å². The minimum absolute atomic E-state index is 0.182. The summed E-state index contributed by atoms with van der Waals surface area (Å²) in [6.45, 7) is 2.79. The second-order valence-electron chi connectivity index (χ2n) is 3.88. The van der Waals surface area contributed by atoms with Crippen molar-refractivity contribution >= 4 is 34.4 Å². The van der Waals surface area contributed by atoms with E-state index in [0.717, 1.165) is 6.54 Å². The molecule has 3 rings (SSSR count). The summed E-state index contributed by atoms with van der Waals surface area (Å²) in [4.78, 5) is 16.9. The molecule has 19 heavy (non-hydrogen) atoms. The molecule has 0 fully saturated rings. The minimum atomic E-state index is 0.182. The number of hydrogen-bond acceptors (Lipinski definition) is 5. The molecule has 0 aliphatic carbocycles. The summed E-state index contributed by atoms with van der Waals surface area (Å²) < 4.78 is 1.91. The first-order chi connectivity index (χ1) is 9.28. The highest BCUT2D eigenvalue weighted by atomic mass is 35.5. The Kier molecular flexibility index (Phi) is 3.00. The van der Waals surface area contributed by atoms with Gasteiger partial charge in [-0.15, -0.1) is 0 Å². The maximum Gasteiger partial charge on any atom is 0.226 e. The van der Waals surface area contributed by atoms with Crippen molar-refractivity contribution in [1.29, 1.82) is 0 Å². The second kappa shape index (κ2) is 4.81. The molecule has 6 nitrogen and oxygen atoms in total. The number of rotatable bonds is 3. The Morgan fingerprint density at radius 3 is 2.89 bits per heavy atom. The van der Waals surface area contributed by atoms with E-state index in [9.17, 15) is 0 Å². The maximum atomic E-state index is 5.95. The standard InChI is InChI=1S/C12H11ClN6/c1-2-19-7-15-9-10(17-12(13)18-11(9)19)16-8-5-3-4-6-14-8/h3-7H,2H2,1H3,(H,14,16,17,18). The molecule has 7 heteroatoms. The molecule has 0 atom stereocenters. The number of aryl methyl sites for hydroxylation is 1. The summed E-state index contributed by atoms with van der Waals surface area (Å²) in [6.07, 6.45) is 3.42. The van der Waals surface area contributed by atoms with Crippen LogP contribution in [0, 0.1) is 0 Å². The van der Waals surface area contributed by atoms with Crippen LogP contribution < -0.4 is 5.32 Å². The van der Waals surface area contributed by atoms with E-state index in [1.54, 1.807) is 12.5 Å². The van der Waals surface area contributed by atoms with Gasteiger partial charge < -0.3 is 9.88 Å². The van der Waals surface area contributed by atoms with Gasteiger partial charge in [0, 0.05) is 12.7 Å². The van der Waals surface area contributed by atoms with Crippen molar-refractivity contribution in [2.75, 3.05) is 5.32 Å². The first kappa shape index (κ1) is 11.9. The third-order valence-electron chi connectivity index (χ3n) is 2.69. The third kappa shape index (κ3) is 2.22. The van der Waals surface area contributed by atoms with Gasteiger partial charge in [-0.2, -0.15) is 9.97 Å². The van der Waals surface area contributed by atoms with E-state index in [0.29, 0.717) is 22.8 Å². The number of halogens is 1. The van der Waals surface area contributed by atoms with Crippen LogP contribution in [-0.4, -0.2) is 24.5 Å². The Hall–Kier alpha value is -2.21. The molecule has 1 N–H and O–H groups in total. The fourth-order valence-electron chi connectivity index (χ4n) is 1.79. The highest BCUT2D eigenvalue weighted by Gasteiger charge is 2.12. The number of pyridine rings is 1. The first-order valence-electron chi connectivity index (χ1n) is 5.84. The summed E-state index contributed by atoms with van der Waals surface area (Å²) in [6, 6.07) is 5.58. The molecule has 0 aliphatic heterocycles. The monoisotopic (exact) mass is 274 g/mol. The summed E-state index contributed by atoms with van der Waals surface area (Å²) in [5.41, 5.74) is 1.39. The molecule has 0 spiro atoms. The van der Waals surface area contributed by atoms with E-state index in [1.807, 2.05) is 29.7 Å². The van der Waals surface area contributed by atoms with Crippen molar-refractivity contribution in [3.05, 3.63) is 36.0 Å². The van der Waals surface area contributed by atoms with Gasteiger partial charge in [-0.1, -0.05) is 6.07 Å². The maximum absolute atomic E-state index is 5.95.